The summed E-state index contributed by atoms with van der Waals surface area (Å²) in [5.41, 5.74) is 1.81. The van der Waals surface area contributed by atoms with Crippen molar-refractivity contribution in [2.45, 2.75) is 39.5 Å². The molecule has 1 unspecified atom stereocenters. The first-order chi connectivity index (χ1) is 9.42. The quantitative estimate of drug-likeness (QED) is 0.698. The summed E-state index contributed by atoms with van der Waals surface area (Å²) in [7, 11) is 1.74. The van der Waals surface area contributed by atoms with Crippen LogP contribution in [0.25, 0.3) is 0 Å². The van der Waals surface area contributed by atoms with Crippen molar-refractivity contribution in [3.63, 3.8) is 0 Å². The highest BCUT2D eigenvalue weighted by Crippen LogP contribution is 2.29. The zero-order valence-electron chi connectivity index (χ0n) is 13.2. The van der Waals surface area contributed by atoms with E-state index in [0.717, 1.165) is 24.2 Å². The number of benzene rings is 1. The highest BCUT2D eigenvalue weighted by molar-refractivity contribution is 9.10. The van der Waals surface area contributed by atoms with E-state index < -0.39 is 0 Å². The Bertz CT molecular complexity index is 370. The molecule has 0 radical (unpaired) electrons. The topological polar surface area (TPSA) is 21.3 Å². The van der Waals surface area contributed by atoms with Crippen molar-refractivity contribution in [1.82, 2.24) is 5.32 Å². The van der Waals surface area contributed by atoms with E-state index >= 15 is 0 Å². The maximum Gasteiger partial charge on any atom is 0.0587 e. The second-order valence-electron chi connectivity index (χ2n) is 6.54. The van der Waals surface area contributed by atoms with Gasteiger partial charge < -0.3 is 10.1 Å². The molecule has 0 bridgehead atoms. The van der Waals surface area contributed by atoms with Gasteiger partial charge in [0.15, 0.2) is 0 Å². The van der Waals surface area contributed by atoms with Crippen molar-refractivity contribution in [3.8, 4) is 0 Å². The van der Waals surface area contributed by atoms with E-state index in [-0.39, 0.29) is 0 Å². The van der Waals surface area contributed by atoms with Crippen LogP contribution in [0.5, 0.6) is 0 Å². The van der Waals surface area contributed by atoms with Gasteiger partial charge in [0.05, 0.1) is 6.61 Å². The molecule has 3 heteroatoms. The van der Waals surface area contributed by atoms with E-state index in [1.807, 2.05) is 0 Å². The Hall–Kier alpha value is -0.380. The second-order valence-corrected chi connectivity index (χ2v) is 7.46. The minimum atomic E-state index is 0.389. The van der Waals surface area contributed by atoms with Crippen LogP contribution < -0.4 is 5.32 Å². The fraction of sp³-hybridized carbons (Fsp3) is 0.647. The molecule has 1 atom stereocenters. The lowest BCUT2D eigenvalue weighted by atomic mass is 9.84. The third kappa shape index (κ3) is 7.41. The molecule has 20 heavy (non-hydrogen) atoms. The maximum absolute atomic E-state index is 5.09. The van der Waals surface area contributed by atoms with Crippen molar-refractivity contribution < 1.29 is 4.74 Å². The average Bonchev–Trinajstić information content (AvgIpc) is 2.38. The molecule has 2 nitrogen and oxygen atoms in total. The van der Waals surface area contributed by atoms with E-state index in [1.165, 1.54) is 18.4 Å². The van der Waals surface area contributed by atoms with Crippen LogP contribution in [0.3, 0.4) is 0 Å². The number of rotatable bonds is 8. The Balaban J connectivity index is 2.60. The van der Waals surface area contributed by atoms with Crippen molar-refractivity contribution in [2.24, 2.45) is 5.41 Å². The summed E-state index contributed by atoms with van der Waals surface area (Å²) in [6.45, 7) is 9.63. The molecule has 1 rings (SSSR count). The predicted molar refractivity (Wildman–Crippen MR) is 90.3 cm³/mol. The van der Waals surface area contributed by atoms with Gasteiger partial charge in [-0.15, -0.1) is 0 Å². The molecule has 0 amide bonds. The van der Waals surface area contributed by atoms with Gasteiger partial charge in [-0.05, 0) is 41.9 Å². The zero-order valence-corrected chi connectivity index (χ0v) is 14.8. The molecule has 0 fully saturated rings. The largest absolute Gasteiger partial charge is 0.383 e. The highest BCUT2D eigenvalue weighted by atomic mass is 79.9. The fourth-order valence-corrected chi connectivity index (χ4v) is 2.44. The Morgan fingerprint density at radius 1 is 1.20 bits per heavy atom. The summed E-state index contributed by atoms with van der Waals surface area (Å²) >= 11 is 3.51. The van der Waals surface area contributed by atoms with Crippen LogP contribution >= 0.6 is 15.9 Å². The standard InChI is InChI=1S/C17H28BrNO/c1-17(2,3)10-9-15(13-19-11-12-20-4)14-5-7-16(18)8-6-14/h5-8,15,19H,9-13H2,1-4H3. The Morgan fingerprint density at radius 3 is 2.40 bits per heavy atom. The van der Waals surface area contributed by atoms with Crippen LogP contribution in [0.4, 0.5) is 0 Å². The maximum atomic E-state index is 5.09. The molecule has 0 aromatic heterocycles. The lowest BCUT2D eigenvalue weighted by molar-refractivity contribution is 0.198. The number of hydrogen-bond acceptors (Lipinski definition) is 2. The molecule has 0 spiro atoms. The van der Waals surface area contributed by atoms with Gasteiger partial charge >= 0.3 is 0 Å². The van der Waals surface area contributed by atoms with Gasteiger partial charge in [-0.3, -0.25) is 0 Å². The molecular formula is C17H28BrNO. The first kappa shape index (κ1) is 17.7. The average molecular weight is 342 g/mol. The van der Waals surface area contributed by atoms with Gasteiger partial charge in [0, 0.05) is 24.7 Å². The lowest BCUT2D eigenvalue weighted by Gasteiger charge is -2.24. The van der Waals surface area contributed by atoms with Crippen molar-refractivity contribution in [3.05, 3.63) is 34.3 Å². The van der Waals surface area contributed by atoms with E-state index in [9.17, 15) is 0 Å². The second kappa shape index (κ2) is 8.81. The van der Waals surface area contributed by atoms with E-state index in [4.69, 9.17) is 4.74 Å². The van der Waals surface area contributed by atoms with E-state index in [1.54, 1.807) is 7.11 Å². The number of hydrogen-bond donors (Lipinski definition) is 1. The number of ether oxygens (including phenoxy) is 1. The van der Waals surface area contributed by atoms with E-state index in [0.29, 0.717) is 11.3 Å². The van der Waals surface area contributed by atoms with Gasteiger partial charge in [-0.25, -0.2) is 0 Å². The van der Waals surface area contributed by atoms with Gasteiger partial charge in [0.1, 0.15) is 0 Å². The summed E-state index contributed by atoms with van der Waals surface area (Å²) in [5, 5.41) is 3.50. The van der Waals surface area contributed by atoms with Crippen molar-refractivity contribution >= 4 is 15.9 Å². The molecule has 1 aromatic carbocycles. The predicted octanol–water partition coefficient (Wildman–Crippen LogP) is 4.60. The van der Waals surface area contributed by atoms with Crippen molar-refractivity contribution in [2.75, 3.05) is 26.8 Å². The number of nitrogens with one attached hydrogen (secondary N) is 1. The molecule has 0 aliphatic carbocycles. The zero-order chi connectivity index (χ0) is 15.0. The molecule has 1 aromatic rings. The van der Waals surface area contributed by atoms with Crippen LogP contribution in [-0.4, -0.2) is 26.8 Å². The van der Waals surface area contributed by atoms with Crippen LogP contribution in [0.15, 0.2) is 28.7 Å². The third-order valence-electron chi connectivity index (χ3n) is 3.46. The van der Waals surface area contributed by atoms with Gasteiger partial charge in [-0.1, -0.05) is 48.8 Å². The smallest absolute Gasteiger partial charge is 0.0587 e. The van der Waals surface area contributed by atoms with Crippen molar-refractivity contribution in [1.29, 1.82) is 0 Å². The lowest BCUT2D eigenvalue weighted by Crippen LogP contribution is -2.26. The molecule has 0 aliphatic rings. The monoisotopic (exact) mass is 341 g/mol. The van der Waals surface area contributed by atoms with E-state index in [2.05, 4.69) is 66.3 Å². The number of methoxy groups -OCH3 is 1. The van der Waals surface area contributed by atoms with Gasteiger partial charge in [0.25, 0.3) is 0 Å². The molecular weight excluding hydrogens is 314 g/mol. The Morgan fingerprint density at radius 2 is 1.85 bits per heavy atom. The van der Waals surface area contributed by atoms with Gasteiger partial charge in [-0.2, -0.15) is 0 Å². The summed E-state index contributed by atoms with van der Waals surface area (Å²) in [6, 6.07) is 8.73. The number of halogens is 1. The first-order valence-electron chi connectivity index (χ1n) is 7.37. The summed E-state index contributed by atoms with van der Waals surface area (Å²) in [6.07, 6.45) is 2.45. The SMILES string of the molecule is COCCNCC(CCC(C)(C)C)c1ccc(Br)cc1. The molecule has 0 aliphatic heterocycles. The summed E-state index contributed by atoms with van der Waals surface area (Å²) in [4.78, 5) is 0. The highest BCUT2D eigenvalue weighted by Gasteiger charge is 2.16. The molecule has 1 N–H and O–H groups in total. The normalized spacial score (nSPS) is 13.4. The fourth-order valence-electron chi connectivity index (χ4n) is 2.18. The molecule has 114 valence electrons. The van der Waals surface area contributed by atoms with Gasteiger partial charge in [0.2, 0.25) is 0 Å². The van der Waals surface area contributed by atoms with Crippen LogP contribution in [0, 0.1) is 5.41 Å². The minimum absolute atomic E-state index is 0.389. The van der Waals surface area contributed by atoms with Crippen LogP contribution in [-0.2, 0) is 4.74 Å². The summed E-state index contributed by atoms with van der Waals surface area (Å²) < 4.78 is 6.23. The van der Waals surface area contributed by atoms with Crippen LogP contribution in [0.2, 0.25) is 0 Å². The Labute approximate surface area is 132 Å². The minimum Gasteiger partial charge on any atom is -0.383 e. The van der Waals surface area contributed by atoms with Crippen LogP contribution in [0.1, 0.15) is 45.1 Å². The molecule has 0 heterocycles. The third-order valence-corrected chi connectivity index (χ3v) is 3.99. The molecule has 0 saturated carbocycles. The first-order valence-corrected chi connectivity index (χ1v) is 8.17. The molecule has 0 saturated heterocycles. The Kier molecular flexibility index (Phi) is 7.78. The summed E-state index contributed by atoms with van der Waals surface area (Å²) in [5.74, 6) is 0.569.